The minimum atomic E-state index is 0.259. The van der Waals surface area contributed by atoms with E-state index >= 15 is 0 Å². The van der Waals surface area contributed by atoms with Gasteiger partial charge >= 0.3 is 0 Å². The summed E-state index contributed by atoms with van der Waals surface area (Å²) in [5.41, 5.74) is 2.22. The quantitative estimate of drug-likeness (QED) is 0.832. The molecule has 0 fully saturated rings. The van der Waals surface area contributed by atoms with Crippen LogP contribution in [0.4, 0.5) is 0 Å². The number of hydrogen-bond donors (Lipinski definition) is 0. The monoisotopic (exact) mass is 264 g/mol. The van der Waals surface area contributed by atoms with E-state index in [1.54, 1.807) is 7.11 Å². The molecule has 1 aromatic carbocycles. The van der Waals surface area contributed by atoms with E-state index in [0.29, 0.717) is 9.34 Å². The first-order valence-corrected chi connectivity index (χ1v) is 6.06. The third-order valence-corrected chi connectivity index (χ3v) is 3.56. The smallest absolute Gasteiger partial charge is 0.170 e. The van der Waals surface area contributed by atoms with Gasteiger partial charge < -0.3 is 4.74 Å². The number of halogens is 1. The zero-order valence-electron chi connectivity index (χ0n) is 9.32. The summed E-state index contributed by atoms with van der Waals surface area (Å²) in [4.78, 5) is 4.19. The first-order valence-electron chi connectivity index (χ1n) is 4.87. The molecule has 0 saturated heterocycles. The summed E-state index contributed by atoms with van der Waals surface area (Å²) in [7, 11) is 1.61. The highest BCUT2D eigenvalue weighted by molar-refractivity contribution is 7.19. The lowest BCUT2D eigenvalue weighted by Crippen LogP contribution is -1.88. The van der Waals surface area contributed by atoms with Crippen LogP contribution in [-0.2, 0) is 0 Å². The van der Waals surface area contributed by atoms with E-state index in [1.165, 1.54) is 11.3 Å². The number of hydrogen-bond acceptors (Lipinski definition) is 4. The van der Waals surface area contributed by atoms with Crippen LogP contribution in [0.3, 0.4) is 0 Å². The number of ether oxygens (including phenoxy) is 1. The fourth-order valence-electron chi connectivity index (χ4n) is 1.47. The molecule has 2 rings (SSSR count). The predicted molar refractivity (Wildman–Crippen MR) is 68.6 cm³/mol. The van der Waals surface area contributed by atoms with Gasteiger partial charge in [-0.2, -0.15) is 5.26 Å². The topological polar surface area (TPSA) is 45.9 Å². The Morgan fingerprint density at radius 2 is 2.24 bits per heavy atom. The van der Waals surface area contributed by atoms with Gasteiger partial charge in [-0.05, 0) is 19.1 Å². The molecule has 1 heterocycles. The summed E-state index contributed by atoms with van der Waals surface area (Å²) in [5, 5.41) is 9.54. The number of benzene rings is 1. The molecule has 0 N–H and O–H groups in total. The molecule has 0 amide bonds. The van der Waals surface area contributed by atoms with Gasteiger partial charge in [0.05, 0.1) is 12.7 Å². The number of aromatic nitrogens is 1. The molecular weight excluding hydrogens is 256 g/mol. The van der Waals surface area contributed by atoms with Gasteiger partial charge in [0.15, 0.2) is 5.69 Å². The standard InChI is InChI=1S/C12H9ClN2OS/c1-7-3-4-10(16-2)8(5-7)12-15-9(6-14)11(13)17-12/h3-5H,1-2H3. The number of aryl methyl sites for hydroxylation is 1. The zero-order chi connectivity index (χ0) is 12.4. The first-order chi connectivity index (χ1) is 8.15. The summed E-state index contributed by atoms with van der Waals surface area (Å²) in [6, 6.07) is 7.77. The fourth-order valence-corrected chi connectivity index (χ4v) is 2.54. The molecule has 0 aliphatic rings. The summed E-state index contributed by atoms with van der Waals surface area (Å²) < 4.78 is 5.69. The van der Waals surface area contributed by atoms with Gasteiger partial charge in [0, 0.05) is 0 Å². The van der Waals surface area contributed by atoms with Gasteiger partial charge in [-0.25, -0.2) is 4.98 Å². The number of thiazole rings is 1. The van der Waals surface area contributed by atoms with E-state index in [9.17, 15) is 0 Å². The third kappa shape index (κ3) is 2.26. The first kappa shape index (κ1) is 11.9. The molecule has 3 nitrogen and oxygen atoms in total. The molecule has 5 heteroatoms. The van der Waals surface area contributed by atoms with Crippen molar-refractivity contribution in [1.82, 2.24) is 4.98 Å². The maximum atomic E-state index is 8.84. The Bertz CT molecular complexity index is 601. The minimum Gasteiger partial charge on any atom is -0.496 e. The molecular formula is C12H9ClN2OS. The molecule has 0 unspecified atom stereocenters. The second-order valence-corrected chi connectivity index (χ2v) is 5.06. The molecule has 0 radical (unpaired) electrons. The van der Waals surface area contributed by atoms with E-state index < -0.39 is 0 Å². The van der Waals surface area contributed by atoms with Gasteiger partial charge in [0.1, 0.15) is 21.2 Å². The Kier molecular flexibility index (Phi) is 3.32. The molecule has 2 aromatic rings. The molecule has 0 saturated carbocycles. The van der Waals surface area contributed by atoms with Crippen molar-refractivity contribution in [2.45, 2.75) is 6.92 Å². The van der Waals surface area contributed by atoms with Crippen LogP contribution in [-0.4, -0.2) is 12.1 Å². The zero-order valence-corrected chi connectivity index (χ0v) is 10.9. The average Bonchev–Trinajstić information content (AvgIpc) is 2.70. The Balaban J connectivity index is 2.59. The Morgan fingerprint density at radius 3 is 2.82 bits per heavy atom. The molecule has 0 bridgehead atoms. The summed E-state index contributed by atoms with van der Waals surface area (Å²) in [5.74, 6) is 0.727. The van der Waals surface area contributed by atoms with Crippen LogP contribution in [0.25, 0.3) is 10.6 Å². The van der Waals surface area contributed by atoms with Crippen LogP contribution < -0.4 is 4.74 Å². The Hall–Kier alpha value is -1.57. The Labute approximate surface area is 108 Å². The number of methoxy groups -OCH3 is 1. The lowest BCUT2D eigenvalue weighted by Gasteiger charge is -2.06. The van der Waals surface area contributed by atoms with Crippen LogP contribution in [0.5, 0.6) is 5.75 Å². The third-order valence-electron chi connectivity index (χ3n) is 2.28. The highest BCUT2D eigenvalue weighted by Crippen LogP contribution is 2.36. The van der Waals surface area contributed by atoms with Crippen LogP contribution >= 0.6 is 22.9 Å². The summed E-state index contributed by atoms with van der Waals surface area (Å²) in [6.07, 6.45) is 0. The van der Waals surface area contributed by atoms with Crippen molar-refractivity contribution in [2.24, 2.45) is 0 Å². The highest BCUT2D eigenvalue weighted by Gasteiger charge is 2.14. The van der Waals surface area contributed by atoms with E-state index in [4.69, 9.17) is 21.6 Å². The van der Waals surface area contributed by atoms with Gasteiger partial charge in [0.2, 0.25) is 0 Å². The van der Waals surface area contributed by atoms with Crippen LogP contribution in [0.2, 0.25) is 4.34 Å². The lowest BCUT2D eigenvalue weighted by molar-refractivity contribution is 0.416. The van der Waals surface area contributed by atoms with Crippen molar-refractivity contribution >= 4 is 22.9 Å². The summed E-state index contributed by atoms with van der Waals surface area (Å²) in [6.45, 7) is 1.99. The molecule has 0 spiro atoms. The number of rotatable bonds is 2. The predicted octanol–water partition coefficient (Wildman–Crippen LogP) is 3.65. The highest BCUT2D eigenvalue weighted by atomic mass is 35.5. The van der Waals surface area contributed by atoms with Crippen LogP contribution in [0.15, 0.2) is 18.2 Å². The largest absolute Gasteiger partial charge is 0.496 e. The van der Waals surface area contributed by atoms with Crippen LogP contribution in [0, 0.1) is 18.3 Å². The minimum absolute atomic E-state index is 0.259. The fraction of sp³-hybridized carbons (Fsp3) is 0.167. The molecule has 1 aromatic heterocycles. The van der Waals surface area contributed by atoms with Crippen LogP contribution in [0.1, 0.15) is 11.3 Å². The molecule has 86 valence electrons. The van der Waals surface area contributed by atoms with Gasteiger partial charge in [-0.3, -0.25) is 0 Å². The van der Waals surface area contributed by atoms with Crippen molar-refractivity contribution in [3.63, 3.8) is 0 Å². The molecule has 0 atom stereocenters. The van der Waals surface area contributed by atoms with E-state index in [2.05, 4.69) is 4.98 Å². The summed E-state index contributed by atoms with van der Waals surface area (Å²) >= 11 is 7.21. The maximum absolute atomic E-state index is 8.84. The SMILES string of the molecule is COc1ccc(C)cc1-c1nc(C#N)c(Cl)s1. The number of nitrogens with zero attached hydrogens (tertiary/aromatic N) is 2. The molecule has 17 heavy (non-hydrogen) atoms. The van der Waals surface area contributed by atoms with Gasteiger partial charge in [-0.15, -0.1) is 11.3 Å². The van der Waals surface area contributed by atoms with E-state index in [1.807, 2.05) is 31.2 Å². The second kappa shape index (κ2) is 4.74. The average molecular weight is 265 g/mol. The van der Waals surface area contributed by atoms with Crippen molar-refractivity contribution < 1.29 is 4.74 Å². The maximum Gasteiger partial charge on any atom is 0.170 e. The molecule has 0 aliphatic carbocycles. The van der Waals surface area contributed by atoms with Gasteiger partial charge in [-0.1, -0.05) is 23.2 Å². The second-order valence-electron chi connectivity index (χ2n) is 3.46. The number of nitriles is 1. The van der Waals surface area contributed by atoms with Crippen molar-refractivity contribution in [3.05, 3.63) is 33.8 Å². The van der Waals surface area contributed by atoms with Crippen molar-refractivity contribution in [2.75, 3.05) is 7.11 Å². The lowest BCUT2D eigenvalue weighted by atomic mass is 10.1. The van der Waals surface area contributed by atoms with Crippen molar-refractivity contribution in [3.8, 4) is 22.4 Å². The van der Waals surface area contributed by atoms with Crippen molar-refractivity contribution in [1.29, 1.82) is 5.26 Å². The van der Waals surface area contributed by atoms with Gasteiger partial charge in [0.25, 0.3) is 0 Å². The Morgan fingerprint density at radius 1 is 1.47 bits per heavy atom. The normalized spacial score (nSPS) is 10.0. The van der Waals surface area contributed by atoms with E-state index in [-0.39, 0.29) is 5.69 Å². The van der Waals surface area contributed by atoms with E-state index in [0.717, 1.165) is 16.9 Å². The molecule has 0 aliphatic heterocycles.